The van der Waals surface area contributed by atoms with Crippen molar-refractivity contribution in [3.05, 3.63) is 29.6 Å². The molecule has 0 radical (unpaired) electrons. The van der Waals surface area contributed by atoms with E-state index in [2.05, 4.69) is 9.88 Å². The lowest BCUT2D eigenvalue weighted by molar-refractivity contribution is -0.151. The highest BCUT2D eigenvalue weighted by Crippen LogP contribution is 2.34. The van der Waals surface area contributed by atoms with Crippen molar-refractivity contribution in [3.63, 3.8) is 0 Å². The van der Waals surface area contributed by atoms with Crippen LogP contribution in [0.3, 0.4) is 0 Å². The van der Waals surface area contributed by atoms with Gasteiger partial charge in [-0.1, -0.05) is 6.07 Å². The minimum absolute atomic E-state index is 0.207. The number of pyridine rings is 1. The zero-order valence-electron chi connectivity index (χ0n) is 12.6. The van der Waals surface area contributed by atoms with Gasteiger partial charge in [0.05, 0.1) is 11.1 Å². The molecular weight excluding hydrogens is 252 g/mol. The number of aliphatic carboxylic acids is 1. The number of piperidine rings is 1. The summed E-state index contributed by atoms with van der Waals surface area (Å²) in [5, 5.41) is 9.38. The fourth-order valence-corrected chi connectivity index (χ4v) is 2.88. The van der Waals surface area contributed by atoms with E-state index in [9.17, 15) is 9.90 Å². The van der Waals surface area contributed by atoms with E-state index in [-0.39, 0.29) is 5.92 Å². The lowest BCUT2D eigenvalue weighted by Crippen LogP contribution is -2.44. The predicted octanol–water partition coefficient (Wildman–Crippen LogP) is 2.71. The first-order valence-electron chi connectivity index (χ1n) is 7.28. The first-order valence-corrected chi connectivity index (χ1v) is 7.28. The Morgan fingerprint density at radius 3 is 2.90 bits per heavy atom. The second-order valence-corrected chi connectivity index (χ2v) is 6.37. The normalized spacial score (nSPS) is 20.9. The van der Waals surface area contributed by atoms with Crippen molar-refractivity contribution in [2.24, 2.45) is 11.3 Å². The maximum Gasteiger partial charge on any atom is 0.309 e. The summed E-state index contributed by atoms with van der Waals surface area (Å²) in [6, 6.07) is 6.06. The van der Waals surface area contributed by atoms with E-state index in [1.54, 1.807) is 0 Å². The van der Waals surface area contributed by atoms with Crippen LogP contribution in [0.4, 0.5) is 0 Å². The van der Waals surface area contributed by atoms with Crippen LogP contribution in [0.15, 0.2) is 18.2 Å². The fourth-order valence-electron chi connectivity index (χ4n) is 2.88. The molecule has 1 aliphatic heterocycles. The number of rotatable bonds is 4. The fraction of sp³-hybridized carbons (Fsp3) is 0.625. The second-order valence-electron chi connectivity index (χ2n) is 6.37. The van der Waals surface area contributed by atoms with Crippen LogP contribution in [-0.2, 0) is 11.3 Å². The van der Waals surface area contributed by atoms with Gasteiger partial charge in [-0.3, -0.25) is 14.7 Å². The number of likely N-dealkylation sites (tertiary alicyclic amines) is 1. The average Bonchev–Trinajstić information content (AvgIpc) is 2.39. The Morgan fingerprint density at radius 1 is 1.50 bits per heavy atom. The summed E-state index contributed by atoms with van der Waals surface area (Å²) in [5.41, 5.74) is 1.44. The molecule has 110 valence electrons. The summed E-state index contributed by atoms with van der Waals surface area (Å²) in [4.78, 5) is 18.3. The van der Waals surface area contributed by atoms with Crippen molar-refractivity contribution < 1.29 is 9.90 Å². The number of carboxylic acids is 1. The van der Waals surface area contributed by atoms with Gasteiger partial charge in [-0.05, 0) is 58.2 Å². The third-order valence-electron chi connectivity index (χ3n) is 4.41. The van der Waals surface area contributed by atoms with Crippen LogP contribution in [0.5, 0.6) is 0 Å². The highest BCUT2D eigenvalue weighted by Gasteiger charge is 2.38. The van der Waals surface area contributed by atoms with Gasteiger partial charge in [0.2, 0.25) is 0 Å². The van der Waals surface area contributed by atoms with Crippen LogP contribution in [0.2, 0.25) is 0 Å². The Morgan fingerprint density at radius 2 is 2.25 bits per heavy atom. The Kier molecular flexibility index (Phi) is 4.43. The molecule has 1 atom stereocenters. The van der Waals surface area contributed by atoms with Crippen LogP contribution < -0.4 is 0 Å². The highest BCUT2D eigenvalue weighted by atomic mass is 16.4. The van der Waals surface area contributed by atoms with Crippen LogP contribution in [-0.4, -0.2) is 34.0 Å². The van der Waals surface area contributed by atoms with Gasteiger partial charge >= 0.3 is 5.97 Å². The predicted molar refractivity (Wildman–Crippen MR) is 78.4 cm³/mol. The molecular formula is C16H24N2O2. The van der Waals surface area contributed by atoms with E-state index in [1.165, 1.54) is 0 Å². The molecule has 1 aromatic heterocycles. The summed E-state index contributed by atoms with van der Waals surface area (Å²) in [7, 11) is 0. The molecule has 0 aliphatic carbocycles. The summed E-state index contributed by atoms with van der Waals surface area (Å²) >= 11 is 0. The third-order valence-corrected chi connectivity index (χ3v) is 4.41. The van der Waals surface area contributed by atoms with Gasteiger partial charge in [0.1, 0.15) is 0 Å². The Hall–Kier alpha value is -1.42. The van der Waals surface area contributed by atoms with Crippen molar-refractivity contribution >= 4 is 5.97 Å². The lowest BCUT2D eigenvalue weighted by Gasteiger charge is -2.39. The van der Waals surface area contributed by atoms with Crippen LogP contribution in [0, 0.1) is 18.3 Å². The van der Waals surface area contributed by atoms with Gasteiger partial charge in [0.25, 0.3) is 0 Å². The molecule has 2 rings (SSSR count). The molecule has 1 saturated heterocycles. The van der Waals surface area contributed by atoms with Gasteiger partial charge in [-0.15, -0.1) is 0 Å². The summed E-state index contributed by atoms with van der Waals surface area (Å²) < 4.78 is 0. The van der Waals surface area contributed by atoms with Crippen LogP contribution >= 0.6 is 0 Å². The molecule has 1 fully saturated rings. The number of nitrogens with zero attached hydrogens (tertiary/aromatic N) is 2. The monoisotopic (exact) mass is 276 g/mol. The van der Waals surface area contributed by atoms with E-state index in [1.807, 2.05) is 39.0 Å². The number of hydrogen-bond donors (Lipinski definition) is 1. The van der Waals surface area contributed by atoms with Crippen LogP contribution in [0.25, 0.3) is 0 Å². The smallest absolute Gasteiger partial charge is 0.309 e. The molecule has 1 unspecified atom stereocenters. The van der Waals surface area contributed by atoms with Gasteiger partial charge in [-0.2, -0.15) is 0 Å². The Bertz CT molecular complexity index is 485. The van der Waals surface area contributed by atoms with Crippen molar-refractivity contribution in [1.82, 2.24) is 9.88 Å². The number of aryl methyl sites for hydroxylation is 1. The molecule has 1 N–H and O–H groups in total. The van der Waals surface area contributed by atoms with E-state index < -0.39 is 11.4 Å². The maximum atomic E-state index is 11.4. The first kappa shape index (κ1) is 15.0. The molecule has 0 spiro atoms. The van der Waals surface area contributed by atoms with Crippen molar-refractivity contribution in [3.8, 4) is 0 Å². The Labute approximate surface area is 120 Å². The number of carbonyl (C=O) groups is 1. The molecule has 0 bridgehead atoms. The molecule has 0 saturated carbocycles. The summed E-state index contributed by atoms with van der Waals surface area (Å²) in [6.45, 7) is 8.36. The SMILES string of the molecule is Cc1cccc(CN2CCCC(C(C)(C)C(=O)O)C2)n1. The molecule has 0 aromatic carbocycles. The number of hydrogen-bond acceptors (Lipinski definition) is 3. The van der Waals surface area contributed by atoms with E-state index >= 15 is 0 Å². The number of aromatic nitrogens is 1. The number of carboxylic acid groups (broad SMARTS) is 1. The minimum Gasteiger partial charge on any atom is -0.481 e. The van der Waals surface area contributed by atoms with E-state index in [0.717, 1.165) is 43.9 Å². The minimum atomic E-state index is -0.696. The summed E-state index contributed by atoms with van der Waals surface area (Å²) in [6.07, 6.45) is 2.06. The quantitative estimate of drug-likeness (QED) is 0.918. The summed E-state index contributed by atoms with van der Waals surface area (Å²) in [5.74, 6) is -0.489. The molecule has 2 heterocycles. The zero-order chi connectivity index (χ0) is 14.8. The molecule has 0 amide bonds. The topological polar surface area (TPSA) is 53.4 Å². The first-order chi connectivity index (χ1) is 9.39. The van der Waals surface area contributed by atoms with Crippen LogP contribution in [0.1, 0.15) is 38.1 Å². The van der Waals surface area contributed by atoms with E-state index in [0.29, 0.717) is 0 Å². The lowest BCUT2D eigenvalue weighted by atomic mass is 9.74. The van der Waals surface area contributed by atoms with Gasteiger partial charge < -0.3 is 5.11 Å². The molecule has 1 aromatic rings. The Balaban J connectivity index is 2.02. The van der Waals surface area contributed by atoms with Gasteiger partial charge in [-0.25, -0.2) is 0 Å². The molecule has 4 nitrogen and oxygen atoms in total. The van der Waals surface area contributed by atoms with Gasteiger partial charge in [0.15, 0.2) is 0 Å². The maximum absolute atomic E-state index is 11.4. The van der Waals surface area contributed by atoms with Crippen molar-refractivity contribution in [2.45, 2.75) is 40.2 Å². The second kappa shape index (κ2) is 5.92. The third kappa shape index (κ3) is 3.37. The molecule has 4 heteroatoms. The van der Waals surface area contributed by atoms with Crippen molar-refractivity contribution in [2.75, 3.05) is 13.1 Å². The molecule has 1 aliphatic rings. The molecule has 20 heavy (non-hydrogen) atoms. The largest absolute Gasteiger partial charge is 0.481 e. The highest BCUT2D eigenvalue weighted by molar-refractivity contribution is 5.74. The van der Waals surface area contributed by atoms with E-state index in [4.69, 9.17) is 0 Å². The zero-order valence-corrected chi connectivity index (χ0v) is 12.6. The van der Waals surface area contributed by atoms with Crippen molar-refractivity contribution in [1.29, 1.82) is 0 Å². The standard InChI is InChI=1S/C16H24N2O2/c1-12-6-4-8-14(17-12)11-18-9-5-7-13(10-18)16(2,3)15(19)20/h4,6,8,13H,5,7,9-11H2,1-3H3,(H,19,20). The average molecular weight is 276 g/mol. The van der Waals surface area contributed by atoms with Gasteiger partial charge in [0, 0.05) is 18.8 Å².